The van der Waals surface area contributed by atoms with Crippen LogP contribution in [0.4, 0.5) is 19.0 Å². The van der Waals surface area contributed by atoms with E-state index >= 15 is 0 Å². The van der Waals surface area contributed by atoms with Crippen LogP contribution in [0.25, 0.3) is 22.7 Å². The lowest BCUT2D eigenvalue weighted by Crippen LogP contribution is -2.09. The molecule has 0 amide bonds. The molecule has 0 radical (unpaired) electrons. The van der Waals surface area contributed by atoms with Crippen molar-refractivity contribution in [2.24, 2.45) is 0 Å². The Bertz CT molecular complexity index is 1280. The fourth-order valence-corrected chi connectivity index (χ4v) is 5.06. The van der Waals surface area contributed by atoms with Crippen molar-refractivity contribution in [3.8, 4) is 22.7 Å². The molecule has 3 aromatic heterocycles. The quantitative estimate of drug-likeness (QED) is 0.428. The van der Waals surface area contributed by atoms with Crippen LogP contribution in [-0.2, 0) is 17.0 Å². The second kappa shape index (κ2) is 8.04. The summed E-state index contributed by atoms with van der Waals surface area (Å²) in [5, 5.41) is 14.4. The Balaban J connectivity index is 1.88. The average Bonchev–Trinajstić information content (AvgIpc) is 3.40. The number of benzene rings is 1. The van der Waals surface area contributed by atoms with Gasteiger partial charge in [-0.25, -0.2) is 9.78 Å². The third-order valence-electron chi connectivity index (χ3n) is 4.33. The van der Waals surface area contributed by atoms with Crippen LogP contribution in [0.3, 0.4) is 0 Å². The summed E-state index contributed by atoms with van der Waals surface area (Å²) < 4.78 is 52.6. The van der Waals surface area contributed by atoms with Crippen LogP contribution in [0.1, 0.15) is 5.56 Å². The zero-order valence-electron chi connectivity index (χ0n) is 15.4. The van der Waals surface area contributed by atoms with Crippen LogP contribution in [0.5, 0.6) is 0 Å². The number of aromatic amines is 1. The summed E-state index contributed by atoms with van der Waals surface area (Å²) in [6.07, 6.45) is -3.25. The Hall–Kier alpha value is -2.22. The number of nitrogens with zero attached hydrogens (tertiary/aromatic N) is 4. The molecule has 1 atom stereocenters. The number of hydrogen-bond acceptors (Lipinski definition) is 6. The Morgan fingerprint density at radius 3 is 2.52 bits per heavy atom. The molecule has 0 aliphatic rings. The third kappa shape index (κ3) is 4.02. The minimum Gasteiger partial charge on any atom is -0.470 e. The molecule has 1 aromatic carbocycles. The molecule has 3 N–H and O–H groups in total. The molecule has 0 aliphatic carbocycles. The van der Waals surface area contributed by atoms with E-state index in [0.29, 0.717) is 0 Å². The number of rotatable bonds is 4. The van der Waals surface area contributed by atoms with Crippen molar-refractivity contribution in [3.63, 3.8) is 0 Å². The van der Waals surface area contributed by atoms with Gasteiger partial charge in [-0.3, -0.25) is 4.21 Å². The topological polar surface area (TPSA) is 102 Å². The van der Waals surface area contributed by atoms with E-state index in [1.165, 1.54) is 17.6 Å². The van der Waals surface area contributed by atoms with Gasteiger partial charge >= 0.3 is 6.18 Å². The molecule has 0 fully saturated rings. The van der Waals surface area contributed by atoms with Crippen molar-refractivity contribution in [2.45, 2.75) is 11.1 Å². The van der Waals surface area contributed by atoms with Crippen LogP contribution >= 0.6 is 34.5 Å². The molecule has 4 aromatic rings. The van der Waals surface area contributed by atoms with Crippen LogP contribution < -0.4 is 5.73 Å². The van der Waals surface area contributed by atoms with Crippen molar-refractivity contribution in [3.05, 3.63) is 44.6 Å². The number of thiophene rings is 1. The summed E-state index contributed by atoms with van der Waals surface area (Å²) in [5.41, 5.74) is 6.04. The number of anilines is 1. The first-order valence-corrected chi connectivity index (χ1v) is 11.7. The van der Waals surface area contributed by atoms with Gasteiger partial charge in [0.15, 0.2) is 0 Å². The fraction of sp³-hybridized carbons (Fsp3) is 0.125. The molecule has 7 nitrogen and oxygen atoms in total. The van der Waals surface area contributed by atoms with Crippen molar-refractivity contribution in [2.75, 3.05) is 12.0 Å². The molecular formula is C16H11BCl2F3N6OS2-. The van der Waals surface area contributed by atoms with Crippen molar-refractivity contribution >= 4 is 57.8 Å². The molecule has 0 saturated carbocycles. The van der Waals surface area contributed by atoms with Crippen LogP contribution in [0.15, 0.2) is 33.9 Å². The van der Waals surface area contributed by atoms with Crippen LogP contribution in [-0.4, -0.2) is 41.9 Å². The number of nitrogen functional groups attached to an aromatic ring is 1. The predicted octanol–water partition coefficient (Wildman–Crippen LogP) is 4.38. The lowest BCUT2D eigenvalue weighted by atomic mass is 9.82. The van der Waals surface area contributed by atoms with Gasteiger partial charge in [0.1, 0.15) is 34.5 Å². The zero-order valence-corrected chi connectivity index (χ0v) is 18.6. The predicted molar refractivity (Wildman–Crippen MR) is 116 cm³/mol. The molecular weight excluding hydrogens is 495 g/mol. The number of aromatic nitrogens is 5. The molecule has 1 unspecified atom stereocenters. The maximum atomic E-state index is 13.1. The summed E-state index contributed by atoms with van der Waals surface area (Å²) in [6.45, 7) is -0.455. The van der Waals surface area contributed by atoms with Gasteiger partial charge < -0.3 is 15.6 Å². The van der Waals surface area contributed by atoms with E-state index in [9.17, 15) is 17.4 Å². The van der Waals surface area contributed by atoms with Crippen LogP contribution in [0, 0.1) is 0 Å². The highest BCUT2D eigenvalue weighted by Gasteiger charge is 2.33. The normalized spacial score (nSPS) is 13.0. The Kier molecular flexibility index (Phi) is 5.71. The minimum atomic E-state index is -4.64. The lowest BCUT2D eigenvalue weighted by molar-refractivity contribution is -0.137. The zero-order chi connectivity index (χ0) is 22.5. The Labute approximate surface area is 189 Å². The molecule has 31 heavy (non-hydrogen) atoms. The Morgan fingerprint density at radius 1 is 1.29 bits per heavy atom. The van der Waals surface area contributed by atoms with Gasteiger partial charge in [-0.2, -0.15) is 35.1 Å². The average molecular weight is 506 g/mol. The van der Waals surface area contributed by atoms with Crippen molar-refractivity contribution in [1.29, 1.82) is 0 Å². The van der Waals surface area contributed by atoms with E-state index < -0.39 is 29.2 Å². The summed E-state index contributed by atoms with van der Waals surface area (Å²) >= 11 is 13.7. The van der Waals surface area contributed by atoms with E-state index in [1.54, 1.807) is 0 Å². The van der Waals surface area contributed by atoms with Gasteiger partial charge in [0.05, 0.1) is 26.4 Å². The third-order valence-corrected chi connectivity index (χ3v) is 6.59. The summed E-state index contributed by atoms with van der Waals surface area (Å²) in [5.74, 6) is 0.0438. The fourth-order valence-electron chi connectivity index (χ4n) is 2.94. The molecule has 0 spiro atoms. The smallest absolute Gasteiger partial charge is 0.416 e. The standard InChI is InChI=1S/C16H11BCl2F3N6OS2/c1-31(29)13-11(15-24-17(27-25-15)8-2-3-30-6-8)26-28(14(13)23)12-9(18)4-7(5-10(12)19)16(20,21)22/h2-6,27H,23H2,1H3/q-1. The Morgan fingerprint density at radius 2 is 1.97 bits per heavy atom. The number of halogens is 5. The first-order valence-electron chi connectivity index (χ1n) is 8.43. The lowest BCUT2D eigenvalue weighted by Gasteiger charge is -2.13. The number of alkyl halides is 3. The van der Waals surface area contributed by atoms with E-state index in [1.807, 2.05) is 16.8 Å². The highest BCUT2D eigenvalue weighted by molar-refractivity contribution is 7.84. The number of nitrogens with two attached hydrogens (primary N) is 1. The van der Waals surface area contributed by atoms with E-state index in [4.69, 9.17) is 28.9 Å². The van der Waals surface area contributed by atoms with Crippen LogP contribution in [0.2, 0.25) is 10.0 Å². The van der Waals surface area contributed by atoms with Gasteiger partial charge in [0.25, 0.3) is 0 Å². The van der Waals surface area contributed by atoms with E-state index in [2.05, 4.69) is 20.1 Å². The highest BCUT2D eigenvalue weighted by Crippen LogP contribution is 2.39. The maximum Gasteiger partial charge on any atom is 0.416 e. The molecule has 0 aliphatic heterocycles. The SMILES string of the molecule is CS(=O)c1c(-c2n[nH][b-](-c3ccsc3)n2)nn(-c2c(Cl)cc(C(F)(F)F)cc2Cl)c1N. The van der Waals surface area contributed by atoms with Gasteiger partial charge in [0, 0.05) is 6.26 Å². The number of nitrogens with one attached hydrogen (secondary N) is 1. The summed E-state index contributed by atoms with van der Waals surface area (Å²) in [6, 6.07) is 3.31. The maximum absolute atomic E-state index is 13.1. The number of hydrogen-bond donors (Lipinski definition) is 2. The van der Waals surface area contributed by atoms with Crippen molar-refractivity contribution in [1.82, 2.24) is 24.8 Å². The van der Waals surface area contributed by atoms with E-state index in [-0.39, 0.29) is 38.0 Å². The van der Waals surface area contributed by atoms with Gasteiger partial charge in [-0.05, 0) is 22.9 Å². The van der Waals surface area contributed by atoms with Gasteiger partial charge in [-0.1, -0.05) is 29.3 Å². The largest absolute Gasteiger partial charge is 0.470 e. The molecule has 4 rings (SSSR count). The molecule has 0 saturated heterocycles. The van der Waals surface area contributed by atoms with Crippen molar-refractivity contribution < 1.29 is 17.4 Å². The van der Waals surface area contributed by atoms with Gasteiger partial charge in [-0.15, -0.1) is 0 Å². The summed E-state index contributed by atoms with van der Waals surface area (Å²) in [7, 11) is -1.62. The van der Waals surface area contributed by atoms with Gasteiger partial charge in [0.2, 0.25) is 0 Å². The first-order chi connectivity index (χ1) is 14.6. The minimum absolute atomic E-state index is 0.0762. The highest BCUT2D eigenvalue weighted by atomic mass is 35.5. The second-order valence-corrected chi connectivity index (χ2v) is 9.28. The van der Waals surface area contributed by atoms with E-state index in [0.717, 1.165) is 22.3 Å². The first kappa shape index (κ1) is 22.0. The monoisotopic (exact) mass is 505 g/mol. The molecule has 162 valence electrons. The molecule has 3 heterocycles. The second-order valence-electron chi connectivity index (χ2n) is 6.37. The molecule has 15 heteroatoms. The number of H-pyrrole nitrogens is 1. The molecule has 0 bridgehead atoms. The summed E-state index contributed by atoms with van der Waals surface area (Å²) in [4.78, 5) is 4.56.